The van der Waals surface area contributed by atoms with Gasteiger partial charge in [-0.1, -0.05) is 0 Å². The molecule has 0 aliphatic heterocycles. The normalized spacial score (nSPS) is 14.8. The van der Waals surface area contributed by atoms with Crippen molar-refractivity contribution < 1.29 is 9.15 Å². The predicted octanol–water partition coefficient (Wildman–Crippen LogP) is 2.11. The van der Waals surface area contributed by atoms with E-state index in [0.717, 1.165) is 24.5 Å². The summed E-state index contributed by atoms with van der Waals surface area (Å²) in [6, 6.07) is 7.21. The van der Waals surface area contributed by atoms with E-state index >= 15 is 0 Å². The Morgan fingerprint density at radius 1 is 1.24 bits per heavy atom. The summed E-state index contributed by atoms with van der Waals surface area (Å²) in [4.78, 5) is 0. The van der Waals surface area contributed by atoms with Crippen LogP contribution in [0.4, 0.5) is 5.69 Å². The van der Waals surface area contributed by atoms with Crippen molar-refractivity contribution in [3.8, 4) is 5.75 Å². The summed E-state index contributed by atoms with van der Waals surface area (Å²) >= 11 is 0. The Labute approximate surface area is 98.6 Å². The second kappa shape index (κ2) is 4.08. The molecule has 2 N–H and O–H groups in total. The smallest absolute Gasteiger partial charge is 0.253 e. The molecular formula is C12H13N3O2. The van der Waals surface area contributed by atoms with Crippen LogP contribution in [0.5, 0.6) is 5.75 Å². The number of anilines is 1. The molecule has 0 bridgehead atoms. The van der Waals surface area contributed by atoms with Gasteiger partial charge >= 0.3 is 0 Å². The van der Waals surface area contributed by atoms with Gasteiger partial charge in [-0.3, -0.25) is 0 Å². The van der Waals surface area contributed by atoms with Gasteiger partial charge in [0.1, 0.15) is 5.75 Å². The van der Waals surface area contributed by atoms with Gasteiger partial charge in [-0.2, -0.15) is 0 Å². The average Bonchev–Trinajstić information content (AvgIpc) is 3.09. The molecule has 1 aromatic heterocycles. The van der Waals surface area contributed by atoms with Crippen LogP contribution in [0.3, 0.4) is 0 Å². The highest BCUT2D eigenvalue weighted by Crippen LogP contribution is 2.39. The van der Waals surface area contributed by atoms with Crippen LogP contribution in [-0.2, 0) is 6.61 Å². The molecule has 1 aromatic carbocycles. The number of nitrogens with zero attached hydrogens (tertiary/aromatic N) is 2. The Bertz CT molecular complexity index is 503. The van der Waals surface area contributed by atoms with E-state index in [1.54, 1.807) is 12.1 Å². The molecule has 2 aromatic rings. The van der Waals surface area contributed by atoms with Crippen LogP contribution in [0.1, 0.15) is 30.5 Å². The van der Waals surface area contributed by atoms with Crippen molar-refractivity contribution >= 4 is 5.69 Å². The van der Waals surface area contributed by atoms with E-state index in [0.29, 0.717) is 24.1 Å². The lowest BCUT2D eigenvalue weighted by Crippen LogP contribution is -1.95. The third kappa shape index (κ3) is 2.38. The summed E-state index contributed by atoms with van der Waals surface area (Å²) in [7, 11) is 0. The van der Waals surface area contributed by atoms with E-state index in [-0.39, 0.29) is 0 Å². The number of nitrogen functional groups attached to an aromatic ring is 1. The number of hydrogen-bond donors (Lipinski definition) is 1. The fourth-order valence-electron chi connectivity index (χ4n) is 1.53. The van der Waals surface area contributed by atoms with Gasteiger partial charge in [-0.15, -0.1) is 10.2 Å². The largest absolute Gasteiger partial charge is 0.484 e. The first-order chi connectivity index (χ1) is 8.31. The van der Waals surface area contributed by atoms with Gasteiger partial charge < -0.3 is 14.9 Å². The Hall–Kier alpha value is -2.04. The number of nitrogens with two attached hydrogens (primary N) is 1. The highest BCUT2D eigenvalue weighted by atomic mass is 16.5. The van der Waals surface area contributed by atoms with Gasteiger partial charge in [-0.25, -0.2) is 0 Å². The molecule has 17 heavy (non-hydrogen) atoms. The summed E-state index contributed by atoms with van der Waals surface area (Å²) in [5.41, 5.74) is 6.30. The molecule has 0 atom stereocenters. The second-order valence-electron chi connectivity index (χ2n) is 4.17. The molecule has 1 fully saturated rings. The lowest BCUT2D eigenvalue weighted by atomic mass is 10.3. The van der Waals surface area contributed by atoms with Crippen molar-refractivity contribution in [1.29, 1.82) is 0 Å². The summed E-state index contributed by atoms with van der Waals surface area (Å²) < 4.78 is 11.0. The Morgan fingerprint density at radius 3 is 2.71 bits per heavy atom. The van der Waals surface area contributed by atoms with E-state index in [2.05, 4.69) is 10.2 Å². The molecule has 0 radical (unpaired) electrons. The number of hydrogen-bond acceptors (Lipinski definition) is 5. The molecule has 1 heterocycles. The Morgan fingerprint density at radius 2 is 2.00 bits per heavy atom. The molecule has 1 aliphatic carbocycles. The molecule has 5 nitrogen and oxygen atoms in total. The third-order valence-electron chi connectivity index (χ3n) is 2.65. The first kappa shape index (κ1) is 10.1. The standard InChI is InChI=1S/C12H13N3O2/c13-9-3-5-10(6-4-9)16-7-11-14-15-12(17-11)8-1-2-8/h3-6,8H,1-2,7,13H2. The van der Waals surface area contributed by atoms with Crippen molar-refractivity contribution in [3.63, 3.8) is 0 Å². The fourth-order valence-corrected chi connectivity index (χ4v) is 1.53. The molecule has 1 saturated carbocycles. The zero-order valence-electron chi connectivity index (χ0n) is 9.30. The number of benzene rings is 1. The van der Waals surface area contributed by atoms with Gasteiger partial charge in [0, 0.05) is 11.6 Å². The predicted molar refractivity (Wildman–Crippen MR) is 61.5 cm³/mol. The Kier molecular flexibility index (Phi) is 2.44. The lowest BCUT2D eigenvalue weighted by molar-refractivity contribution is 0.259. The maximum absolute atomic E-state index is 5.58. The molecule has 0 unspecified atom stereocenters. The van der Waals surface area contributed by atoms with Gasteiger partial charge in [0.2, 0.25) is 5.89 Å². The van der Waals surface area contributed by atoms with Crippen LogP contribution < -0.4 is 10.5 Å². The average molecular weight is 231 g/mol. The fraction of sp³-hybridized carbons (Fsp3) is 0.333. The van der Waals surface area contributed by atoms with Gasteiger partial charge in [0.25, 0.3) is 5.89 Å². The van der Waals surface area contributed by atoms with E-state index in [4.69, 9.17) is 14.9 Å². The maximum atomic E-state index is 5.58. The monoisotopic (exact) mass is 231 g/mol. The van der Waals surface area contributed by atoms with Crippen molar-refractivity contribution in [2.45, 2.75) is 25.4 Å². The van der Waals surface area contributed by atoms with Gasteiger partial charge in [0.15, 0.2) is 6.61 Å². The number of rotatable bonds is 4. The van der Waals surface area contributed by atoms with E-state index in [9.17, 15) is 0 Å². The zero-order valence-corrected chi connectivity index (χ0v) is 9.30. The van der Waals surface area contributed by atoms with Crippen molar-refractivity contribution in [2.24, 2.45) is 0 Å². The van der Waals surface area contributed by atoms with Crippen LogP contribution in [0.25, 0.3) is 0 Å². The summed E-state index contributed by atoms with van der Waals surface area (Å²) in [5.74, 6) is 2.47. The molecule has 3 rings (SSSR count). The first-order valence-electron chi connectivity index (χ1n) is 5.62. The van der Waals surface area contributed by atoms with E-state index in [1.165, 1.54) is 0 Å². The Balaban J connectivity index is 1.60. The van der Waals surface area contributed by atoms with Crippen molar-refractivity contribution in [1.82, 2.24) is 10.2 Å². The SMILES string of the molecule is Nc1ccc(OCc2nnc(C3CC3)o2)cc1. The minimum Gasteiger partial charge on any atom is -0.484 e. The zero-order chi connectivity index (χ0) is 11.7. The minimum absolute atomic E-state index is 0.295. The summed E-state index contributed by atoms with van der Waals surface area (Å²) in [6.07, 6.45) is 2.31. The molecular weight excluding hydrogens is 218 g/mol. The molecule has 1 aliphatic rings. The topological polar surface area (TPSA) is 74.2 Å². The van der Waals surface area contributed by atoms with E-state index < -0.39 is 0 Å². The minimum atomic E-state index is 0.295. The first-order valence-corrected chi connectivity index (χ1v) is 5.62. The van der Waals surface area contributed by atoms with Gasteiger partial charge in [0.05, 0.1) is 0 Å². The van der Waals surface area contributed by atoms with Crippen molar-refractivity contribution in [2.75, 3.05) is 5.73 Å². The van der Waals surface area contributed by atoms with Crippen molar-refractivity contribution in [3.05, 3.63) is 36.0 Å². The third-order valence-corrected chi connectivity index (χ3v) is 2.65. The summed E-state index contributed by atoms with van der Waals surface area (Å²) in [5, 5.41) is 7.93. The highest BCUT2D eigenvalue weighted by Gasteiger charge is 2.29. The van der Waals surface area contributed by atoms with E-state index in [1.807, 2.05) is 12.1 Å². The lowest BCUT2D eigenvalue weighted by Gasteiger charge is -2.02. The maximum Gasteiger partial charge on any atom is 0.253 e. The van der Waals surface area contributed by atoms with Crippen LogP contribution in [0, 0.1) is 0 Å². The molecule has 88 valence electrons. The quantitative estimate of drug-likeness (QED) is 0.816. The summed E-state index contributed by atoms with van der Waals surface area (Å²) in [6.45, 7) is 0.295. The second-order valence-corrected chi connectivity index (χ2v) is 4.17. The number of aromatic nitrogens is 2. The van der Waals surface area contributed by atoms with Crippen LogP contribution in [0.2, 0.25) is 0 Å². The molecule has 5 heteroatoms. The van der Waals surface area contributed by atoms with Gasteiger partial charge in [-0.05, 0) is 37.1 Å². The number of ether oxygens (including phenoxy) is 1. The molecule has 0 amide bonds. The highest BCUT2D eigenvalue weighted by molar-refractivity contribution is 5.41. The molecule has 0 saturated heterocycles. The van der Waals surface area contributed by atoms with Crippen LogP contribution in [-0.4, -0.2) is 10.2 Å². The molecule has 0 spiro atoms. The van der Waals surface area contributed by atoms with Crippen LogP contribution >= 0.6 is 0 Å². The van der Waals surface area contributed by atoms with Crippen LogP contribution in [0.15, 0.2) is 28.7 Å².